The zero-order valence-electron chi connectivity index (χ0n) is 20.1. The van der Waals surface area contributed by atoms with E-state index in [9.17, 15) is 4.79 Å². The van der Waals surface area contributed by atoms with Crippen LogP contribution in [0.25, 0.3) is 11.4 Å². The topological polar surface area (TPSA) is 61.3 Å². The molecule has 0 saturated carbocycles. The van der Waals surface area contributed by atoms with Crippen molar-refractivity contribution in [3.63, 3.8) is 0 Å². The van der Waals surface area contributed by atoms with Crippen LogP contribution in [0.2, 0.25) is 5.02 Å². The van der Waals surface area contributed by atoms with Crippen LogP contribution in [0.3, 0.4) is 0 Å². The Hall–Kier alpha value is -2.92. The van der Waals surface area contributed by atoms with Gasteiger partial charge in [0.25, 0.3) is 0 Å². The Labute approximate surface area is 207 Å². The molecule has 0 N–H and O–H groups in total. The fourth-order valence-electron chi connectivity index (χ4n) is 3.51. The highest BCUT2D eigenvalue weighted by atomic mass is 35.5. The van der Waals surface area contributed by atoms with Gasteiger partial charge in [-0.2, -0.15) is 0 Å². The Kier molecular flexibility index (Phi) is 10.4. The third-order valence-electron chi connectivity index (χ3n) is 5.52. The van der Waals surface area contributed by atoms with Gasteiger partial charge in [-0.25, -0.2) is 14.8 Å². The molecule has 0 spiro atoms. The van der Waals surface area contributed by atoms with Gasteiger partial charge in [-0.05, 0) is 67.3 Å². The second kappa shape index (κ2) is 13.7. The Morgan fingerprint density at radius 2 is 1.59 bits per heavy atom. The lowest BCUT2D eigenvalue weighted by Crippen LogP contribution is -2.08. The molecule has 0 unspecified atom stereocenters. The molecule has 0 fully saturated rings. The van der Waals surface area contributed by atoms with Gasteiger partial charge in [0, 0.05) is 18.0 Å². The summed E-state index contributed by atoms with van der Waals surface area (Å²) >= 11 is 6.30. The van der Waals surface area contributed by atoms with Gasteiger partial charge >= 0.3 is 5.97 Å². The Bertz CT molecular complexity index is 1040. The molecule has 0 aliphatic carbocycles. The van der Waals surface area contributed by atoms with E-state index in [2.05, 4.69) is 23.8 Å². The van der Waals surface area contributed by atoms with Crippen molar-refractivity contribution in [2.75, 3.05) is 6.61 Å². The molecule has 0 atom stereocenters. The summed E-state index contributed by atoms with van der Waals surface area (Å²) in [4.78, 5) is 21.5. The lowest BCUT2D eigenvalue weighted by molar-refractivity contribution is 0.0734. The molecule has 1 aromatic heterocycles. The molecule has 0 bridgehead atoms. The molecular weight excluding hydrogens is 448 g/mol. The average molecular weight is 481 g/mol. The SMILES string of the molecule is CCCCCCOc1ccc(C(=O)Oc2ccc(-c3ncc(CCCCC)cn3)cc2)cc1Cl. The Morgan fingerprint density at radius 1 is 0.882 bits per heavy atom. The molecule has 0 radical (unpaired) electrons. The molecule has 2 aromatic carbocycles. The molecule has 5 nitrogen and oxygen atoms in total. The third kappa shape index (κ3) is 7.84. The van der Waals surface area contributed by atoms with Crippen molar-refractivity contribution in [1.82, 2.24) is 9.97 Å². The van der Waals surface area contributed by atoms with Crippen molar-refractivity contribution in [2.24, 2.45) is 0 Å². The van der Waals surface area contributed by atoms with Crippen LogP contribution >= 0.6 is 11.6 Å². The molecule has 3 rings (SSSR count). The molecule has 1 heterocycles. The first-order chi connectivity index (χ1) is 16.6. The van der Waals surface area contributed by atoms with Crippen molar-refractivity contribution in [3.8, 4) is 22.9 Å². The minimum Gasteiger partial charge on any atom is -0.492 e. The van der Waals surface area contributed by atoms with Crippen LogP contribution in [-0.4, -0.2) is 22.5 Å². The summed E-state index contributed by atoms with van der Waals surface area (Å²) < 4.78 is 11.2. The van der Waals surface area contributed by atoms with Gasteiger partial charge < -0.3 is 9.47 Å². The number of aromatic nitrogens is 2. The molecule has 6 heteroatoms. The molecule has 180 valence electrons. The monoisotopic (exact) mass is 480 g/mol. The number of hydrogen-bond donors (Lipinski definition) is 0. The van der Waals surface area contributed by atoms with E-state index in [0.29, 0.717) is 34.5 Å². The summed E-state index contributed by atoms with van der Waals surface area (Å²) in [5, 5.41) is 0.399. The maximum absolute atomic E-state index is 12.6. The van der Waals surface area contributed by atoms with E-state index in [0.717, 1.165) is 36.8 Å². The van der Waals surface area contributed by atoms with Crippen LogP contribution in [0.15, 0.2) is 54.9 Å². The first-order valence-corrected chi connectivity index (χ1v) is 12.5. The summed E-state index contributed by atoms with van der Waals surface area (Å²) in [5.41, 5.74) is 2.38. The highest BCUT2D eigenvalue weighted by molar-refractivity contribution is 6.32. The van der Waals surface area contributed by atoms with Crippen molar-refractivity contribution >= 4 is 17.6 Å². The number of aryl methyl sites for hydroxylation is 1. The summed E-state index contributed by atoms with van der Waals surface area (Å²) in [6.07, 6.45) is 12.8. The first-order valence-electron chi connectivity index (χ1n) is 12.2. The highest BCUT2D eigenvalue weighted by Gasteiger charge is 2.12. The van der Waals surface area contributed by atoms with Crippen LogP contribution in [0.5, 0.6) is 11.5 Å². The number of unbranched alkanes of at least 4 members (excludes halogenated alkanes) is 5. The molecular formula is C28H33ClN2O3. The zero-order valence-corrected chi connectivity index (χ0v) is 20.8. The van der Waals surface area contributed by atoms with E-state index >= 15 is 0 Å². The number of rotatable bonds is 13. The fourth-order valence-corrected chi connectivity index (χ4v) is 3.74. The normalized spacial score (nSPS) is 10.8. The number of hydrogen-bond acceptors (Lipinski definition) is 5. The maximum Gasteiger partial charge on any atom is 0.343 e. The van der Waals surface area contributed by atoms with E-state index in [1.807, 2.05) is 24.5 Å². The summed E-state index contributed by atoms with van der Waals surface area (Å²) in [7, 11) is 0. The molecule has 0 saturated heterocycles. The van der Waals surface area contributed by atoms with E-state index in [4.69, 9.17) is 21.1 Å². The highest BCUT2D eigenvalue weighted by Crippen LogP contribution is 2.27. The smallest absolute Gasteiger partial charge is 0.343 e. The van der Waals surface area contributed by atoms with Crippen LogP contribution in [0, 0.1) is 0 Å². The van der Waals surface area contributed by atoms with Crippen molar-refractivity contribution in [1.29, 1.82) is 0 Å². The number of esters is 1. The van der Waals surface area contributed by atoms with Crippen molar-refractivity contribution in [3.05, 3.63) is 71.0 Å². The maximum atomic E-state index is 12.6. The van der Waals surface area contributed by atoms with Gasteiger partial charge in [-0.3, -0.25) is 0 Å². The standard InChI is InChI=1S/C28H33ClN2O3/c1-3-5-7-9-17-33-26-16-13-23(18-25(26)29)28(32)34-24-14-11-22(12-15-24)27-30-19-21(20-31-27)10-8-6-4-2/h11-16,18-20H,3-10,17H2,1-2H3. The quantitative estimate of drug-likeness (QED) is 0.142. The van der Waals surface area contributed by atoms with E-state index in [1.54, 1.807) is 30.3 Å². The van der Waals surface area contributed by atoms with E-state index < -0.39 is 5.97 Å². The number of carbonyl (C=O) groups excluding carboxylic acids is 1. The molecule has 3 aromatic rings. The number of nitrogens with zero attached hydrogens (tertiary/aromatic N) is 2. The van der Waals surface area contributed by atoms with Crippen LogP contribution < -0.4 is 9.47 Å². The first kappa shape index (κ1) is 25.7. The lowest BCUT2D eigenvalue weighted by Gasteiger charge is -2.10. The molecule has 34 heavy (non-hydrogen) atoms. The minimum atomic E-state index is -0.475. The molecule has 0 aliphatic heterocycles. The minimum absolute atomic E-state index is 0.370. The van der Waals surface area contributed by atoms with Gasteiger partial charge in [-0.1, -0.05) is 57.6 Å². The van der Waals surface area contributed by atoms with Crippen molar-refractivity contribution < 1.29 is 14.3 Å². The van der Waals surface area contributed by atoms with Crippen molar-refractivity contribution in [2.45, 2.75) is 65.2 Å². The van der Waals surface area contributed by atoms with E-state index in [1.165, 1.54) is 25.7 Å². The predicted molar refractivity (Wildman–Crippen MR) is 137 cm³/mol. The molecule has 0 amide bonds. The second-order valence-electron chi connectivity index (χ2n) is 8.34. The third-order valence-corrected chi connectivity index (χ3v) is 5.82. The van der Waals surface area contributed by atoms with Gasteiger partial charge in [-0.15, -0.1) is 0 Å². The van der Waals surface area contributed by atoms with Gasteiger partial charge in [0.15, 0.2) is 5.82 Å². The molecule has 0 aliphatic rings. The van der Waals surface area contributed by atoms with E-state index in [-0.39, 0.29) is 0 Å². The van der Waals surface area contributed by atoms with Crippen LogP contribution in [-0.2, 0) is 6.42 Å². The summed E-state index contributed by atoms with van der Waals surface area (Å²) in [6, 6.07) is 12.1. The van der Waals surface area contributed by atoms with Gasteiger partial charge in [0.1, 0.15) is 11.5 Å². The van der Waals surface area contributed by atoms with Gasteiger partial charge in [0.05, 0.1) is 17.2 Å². The lowest BCUT2D eigenvalue weighted by atomic mass is 10.1. The Balaban J connectivity index is 1.54. The predicted octanol–water partition coefficient (Wildman–Crippen LogP) is 7.71. The number of halogens is 1. The summed E-state index contributed by atoms with van der Waals surface area (Å²) in [6.45, 7) is 4.98. The number of carbonyl (C=O) groups is 1. The zero-order chi connectivity index (χ0) is 24.2. The fraction of sp³-hybridized carbons (Fsp3) is 0.393. The average Bonchev–Trinajstić information content (AvgIpc) is 2.86. The van der Waals surface area contributed by atoms with Crippen LogP contribution in [0.1, 0.15) is 74.7 Å². The number of ether oxygens (including phenoxy) is 2. The summed E-state index contributed by atoms with van der Waals surface area (Å²) in [5.74, 6) is 1.19. The van der Waals surface area contributed by atoms with Gasteiger partial charge in [0.2, 0.25) is 0 Å². The Morgan fingerprint density at radius 3 is 2.26 bits per heavy atom. The number of benzene rings is 2. The van der Waals surface area contributed by atoms with Crippen LogP contribution in [0.4, 0.5) is 0 Å². The largest absolute Gasteiger partial charge is 0.492 e. The second-order valence-corrected chi connectivity index (χ2v) is 8.75.